The largest absolute Gasteiger partial charge is 0.573 e. The summed E-state index contributed by atoms with van der Waals surface area (Å²) >= 11 is 0. The maximum atomic E-state index is 13.6. The minimum absolute atomic E-state index is 0.136. The van der Waals surface area contributed by atoms with Gasteiger partial charge in [0.1, 0.15) is 11.3 Å². The quantitative estimate of drug-likeness (QED) is 0.280. The zero-order valence-electron chi connectivity index (χ0n) is 22.0. The third-order valence-corrected chi connectivity index (χ3v) is 8.07. The highest BCUT2D eigenvalue weighted by Gasteiger charge is 2.45. The van der Waals surface area contributed by atoms with Gasteiger partial charge in [-0.15, -0.1) is 13.2 Å². The first-order valence-corrected chi connectivity index (χ1v) is 13.5. The van der Waals surface area contributed by atoms with Crippen LogP contribution in [0.15, 0.2) is 36.7 Å². The lowest BCUT2D eigenvalue weighted by molar-refractivity contribution is -0.274. The van der Waals surface area contributed by atoms with E-state index in [4.69, 9.17) is 9.84 Å². The number of nitrogens with zero attached hydrogens (tertiary/aromatic N) is 3. The van der Waals surface area contributed by atoms with Crippen molar-refractivity contribution in [2.45, 2.75) is 81.8 Å². The van der Waals surface area contributed by atoms with Crippen LogP contribution in [0.3, 0.4) is 0 Å². The molecule has 3 fully saturated rings. The molecule has 2 atom stereocenters. The molecule has 8 nitrogen and oxygen atoms in total. The lowest BCUT2D eigenvalue weighted by Crippen LogP contribution is -2.46. The second-order valence-corrected chi connectivity index (χ2v) is 10.8. The van der Waals surface area contributed by atoms with E-state index in [1.165, 1.54) is 12.1 Å². The highest BCUT2D eigenvalue weighted by Crippen LogP contribution is 2.46. The summed E-state index contributed by atoms with van der Waals surface area (Å²) in [6.45, 7) is 0.136. The third-order valence-electron chi connectivity index (χ3n) is 8.07. The number of ether oxygens (including phenoxy) is 2. The van der Waals surface area contributed by atoms with E-state index in [9.17, 15) is 31.1 Å². The molecular weight excluding hydrogens is 570 g/mol. The minimum atomic E-state index is -4.96. The Balaban J connectivity index is 1.21. The number of fused-ring (bicyclic) bond motifs is 2. The number of piperidine rings is 1. The summed E-state index contributed by atoms with van der Waals surface area (Å²) in [5, 5.41) is 9.16. The second kappa shape index (κ2) is 10.5. The molecule has 1 aliphatic carbocycles. The van der Waals surface area contributed by atoms with Gasteiger partial charge in [0.15, 0.2) is 5.69 Å². The Morgan fingerprint density at radius 3 is 2.33 bits per heavy atom. The summed E-state index contributed by atoms with van der Waals surface area (Å²) in [4.78, 5) is 23.8. The van der Waals surface area contributed by atoms with Gasteiger partial charge in [0.25, 0.3) is 0 Å². The minimum Gasteiger partial charge on any atom is -0.478 e. The molecule has 0 spiro atoms. The van der Waals surface area contributed by atoms with Gasteiger partial charge in [0.05, 0.1) is 12.7 Å². The molecule has 2 bridgehead atoms. The van der Waals surface area contributed by atoms with Gasteiger partial charge in [-0.2, -0.15) is 13.2 Å². The predicted octanol–water partition coefficient (Wildman–Crippen LogP) is 6.68. The van der Waals surface area contributed by atoms with Crippen LogP contribution >= 0.6 is 0 Å². The first-order chi connectivity index (χ1) is 19.9. The Bertz CT molecular complexity index is 1470. The van der Waals surface area contributed by atoms with Crippen molar-refractivity contribution in [2.24, 2.45) is 0 Å². The van der Waals surface area contributed by atoms with Crippen molar-refractivity contribution in [1.82, 2.24) is 15.0 Å². The van der Waals surface area contributed by atoms with Crippen molar-refractivity contribution in [3.05, 3.63) is 59.2 Å². The number of carboxylic acids is 1. The van der Waals surface area contributed by atoms with Crippen molar-refractivity contribution in [3.63, 3.8) is 0 Å². The van der Waals surface area contributed by atoms with Crippen molar-refractivity contribution in [1.29, 1.82) is 0 Å². The number of benzene rings is 1. The van der Waals surface area contributed by atoms with Gasteiger partial charge in [-0.25, -0.2) is 14.8 Å². The summed E-state index contributed by atoms with van der Waals surface area (Å²) in [5.74, 6) is -1.97. The fraction of sp³-hybridized carbons (Fsp3) is 0.464. The smallest absolute Gasteiger partial charge is 0.478 e. The molecule has 3 aromatic rings. The van der Waals surface area contributed by atoms with Gasteiger partial charge in [-0.3, -0.25) is 0 Å². The zero-order chi connectivity index (χ0) is 29.8. The summed E-state index contributed by atoms with van der Waals surface area (Å²) in [5.41, 5.74) is 0.0253. The van der Waals surface area contributed by atoms with E-state index in [-0.39, 0.29) is 48.0 Å². The third kappa shape index (κ3) is 5.63. The number of hydrogen-bond donors (Lipinski definition) is 2. The molecule has 4 heterocycles. The first kappa shape index (κ1) is 28.3. The average Bonchev–Trinajstić information content (AvgIpc) is 3.62. The highest BCUT2D eigenvalue weighted by atomic mass is 19.4. The van der Waals surface area contributed by atoms with E-state index in [0.29, 0.717) is 37.4 Å². The molecule has 2 aliphatic heterocycles. The zero-order valence-corrected chi connectivity index (χ0v) is 22.0. The number of aromatic carboxylic acids is 1. The molecule has 2 aromatic heterocycles. The Hall–Kier alpha value is -3.81. The van der Waals surface area contributed by atoms with Crippen LogP contribution in [0, 0.1) is 0 Å². The molecule has 42 heavy (non-hydrogen) atoms. The number of para-hydroxylation sites is 1. The molecule has 2 saturated heterocycles. The summed E-state index contributed by atoms with van der Waals surface area (Å²) in [6.07, 6.45) is -3.46. The number of carbonyl (C=O) groups is 1. The fourth-order valence-corrected chi connectivity index (χ4v) is 6.16. The van der Waals surface area contributed by atoms with Crippen molar-refractivity contribution < 1.29 is 45.7 Å². The van der Waals surface area contributed by atoms with E-state index in [0.717, 1.165) is 24.1 Å². The molecular formula is C28H26F6N4O4. The monoisotopic (exact) mass is 596 g/mol. The van der Waals surface area contributed by atoms with E-state index in [2.05, 4.69) is 19.7 Å². The fourth-order valence-electron chi connectivity index (χ4n) is 6.16. The van der Waals surface area contributed by atoms with Gasteiger partial charge < -0.3 is 24.5 Å². The number of H-pyrrole nitrogens is 1. The molecule has 3 aliphatic rings. The van der Waals surface area contributed by atoms with E-state index < -0.39 is 29.8 Å². The maximum absolute atomic E-state index is 13.6. The number of aromatic amines is 1. The molecule has 0 amide bonds. The van der Waals surface area contributed by atoms with Crippen LogP contribution in [0.4, 0.5) is 32.3 Å². The predicted molar refractivity (Wildman–Crippen MR) is 136 cm³/mol. The lowest BCUT2D eigenvalue weighted by atomic mass is 9.99. The van der Waals surface area contributed by atoms with Gasteiger partial charge in [-0.1, -0.05) is 18.2 Å². The lowest BCUT2D eigenvalue weighted by Gasteiger charge is -2.39. The molecule has 1 saturated carbocycles. The number of anilines is 1. The van der Waals surface area contributed by atoms with E-state index in [1.807, 2.05) is 0 Å². The number of aromatic nitrogens is 3. The SMILES string of the molecule is O=C(O)c1cnc(N2C3CCC2CC(OCc2c(-c4ccccc4OC(F)(F)F)c[nH]c2C2CC2)C3)nc1C(F)(F)F. The Morgan fingerprint density at radius 2 is 1.71 bits per heavy atom. The topological polar surface area (TPSA) is 101 Å². The molecule has 2 N–H and O–H groups in total. The van der Waals surface area contributed by atoms with Crippen molar-refractivity contribution in [2.75, 3.05) is 4.90 Å². The van der Waals surface area contributed by atoms with Gasteiger partial charge >= 0.3 is 18.5 Å². The van der Waals surface area contributed by atoms with Gasteiger partial charge in [-0.05, 0) is 50.5 Å². The first-order valence-electron chi connectivity index (χ1n) is 13.5. The van der Waals surface area contributed by atoms with Crippen LogP contribution in [-0.4, -0.2) is 50.6 Å². The van der Waals surface area contributed by atoms with Crippen LogP contribution < -0.4 is 9.64 Å². The number of hydrogen-bond acceptors (Lipinski definition) is 6. The highest BCUT2D eigenvalue weighted by molar-refractivity contribution is 5.88. The number of nitrogens with one attached hydrogen (secondary N) is 1. The molecule has 2 unspecified atom stereocenters. The number of carboxylic acid groups (broad SMARTS) is 1. The van der Waals surface area contributed by atoms with Crippen LogP contribution in [-0.2, 0) is 17.5 Å². The van der Waals surface area contributed by atoms with Crippen LogP contribution in [0.25, 0.3) is 11.1 Å². The van der Waals surface area contributed by atoms with E-state index >= 15 is 0 Å². The van der Waals surface area contributed by atoms with Gasteiger partial charge in [0.2, 0.25) is 5.95 Å². The molecule has 0 radical (unpaired) electrons. The van der Waals surface area contributed by atoms with Gasteiger partial charge in [0, 0.05) is 46.9 Å². The van der Waals surface area contributed by atoms with Crippen LogP contribution in [0.2, 0.25) is 0 Å². The standard InChI is InChI=1S/C28H26F6N4O4/c29-27(30,31)24-20(25(39)40)12-36-26(37-24)38-15-7-8-16(38)10-17(9-15)41-13-21-19(11-35-23(21)14-5-6-14)18-3-1-2-4-22(18)42-28(32,33)34/h1-4,11-12,14-17,35H,5-10,13H2,(H,39,40). The summed E-state index contributed by atoms with van der Waals surface area (Å²) in [7, 11) is 0. The molecule has 224 valence electrons. The number of rotatable bonds is 8. The number of halogens is 6. The molecule has 6 rings (SSSR count). The van der Waals surface area contributed by atoms with Crippen molar-refractivity contribution >= 4 is 11.9 Å². The Labute approximate surface area is 235 Å². The van der Waals surface area contributed by atoms with Crippen molar-refractivity contribution in [3.8, 4) is 16.9 Å². The van der Waals surface area contributed by atoms with E-state index in [1.54, 1.807) is 23.2 Å². The second-order valence-electron chi connectivity index (χ2n) is 10.8. The maximum Gasteiger partial charge on any atom is 0.573 e. The summed E-state index contributed by atoms with van der Waals surface area (Å²) < 4.78 is 90.6. The molecule has 1 aromatic carbocycles. The summed E-state index contributed by atoms with van der Waals surface area (Å²) in [6, 6.07) is 5.51. The average molecular weight is 597 g/mol. The normalized spacial score (nSPS) is 22.4. The molecule has 14 heteroatoms. The van der Waals surface area contributed by atoms with Crippen LogP contribution in [0.5, 0.6) is 5.75 Å². The van der Waals surface area contributed by atoms with Crippen LogP contribution in [0.1, 0.15) is 71.8 Å². The number of alkyl halides is 6. The Kier molecular flexibility index (Phi) is 7.06. The Morgan fingerprint density at radius 1 is 1.02 bits per heavy atom.